The van der Waals surface area contributed by atoms with Crippen LogP contribution in [0.2, 0.25) is 0 Å². The molecular formula is C16H28N2O. The fraction of sp³-hybridized carbons (Fsp3) is 0.688. The Hall–Kier alpha value is -1.09. The van der Waals surface area contributed by atoms with Crippen molar-refractivity contribution in [2.45, 2.75) is 52.5 Å². The van der Waals surface area contributed by atoms with Crippen molar-refractivity contribution in [2.24, 2.45) is 5.92 Å². The van der Waals surface area contributed by atoms with E-state index < -0.39 is 0 Å². The summed E-state index contributed by atoms with van der Waals surface area (Å²) >= 11 is 0. The van der Waals surface area contributed by atoms with Gasteiger partial charge in [-0.05, 0) is 44.4 Å². The Kier molecular flexibility index (Phi) is 7.49. The van der Waals surface area contributed by atoms with Crippen molar-refractivity contribution >= 4 is 0 Å². The van der Waals surface area contributed by atoms with Crippen molar-refractivity contribution in [3.8, 4) is 5.75 Å². The van der Waals surface area contributed by atoms with Gasteiger partial charge < -0.3 is 10.1 Å². The van der Waals surface area contributed by atoms with Gasteiger partial charge >= 0.3 is 0 Å². The smallest absolute Gasteiger partial charge is 0.137 e. The number of nitrogens with zero attached hydrogens (tertiary/aromatic N) is 1. The van der Waals surface area contributed by atoms with Gasteiger partial charge in [-0.15, -0.1) is 0 Å². The van der Waals surface area contributed by atoms with Crippen molar-refractivity contribution in [1.29, 1.82) is 0 Å². The van der Waals surface area contributed by atoms with Gasteiger partial charge in [-0.3, -0.25) is 4.98 Å². The average molecular weight is 264 g/mol. The topological polar surface area (TPSA) is 34.2 Å². The Morgan fingerprint density at radius 2 is 1.84 bits per heavy atom. The molecule has 0 spiro atoms. The lowest BCUT2D eigenvalue weighted by Crippen LogP contribution is -2.25. The zero-order valence-electron chi connectivity index (χ0n) is 12.8. The maximum atomic E-state index is 5.55. The van der Waals surface area contributed by atoms with Gasteiger partial charge in [0.15, 0.2) is 0 Å². The minimum absolute atomic E-state index is 0.368. The fourth-order valence-corrected chi connectivity index (χ4v) is 2.75. The summed E-state index contributed by atoms with van der Waals surface area (Å²) in [6.45, 7) is 7.19. The van der Waals surface area contributed by atoms with Crippen LogP contribution >= 0.6 is 0 Å². The van der Waals surface area contributed by atoms with E-state index in [1.807, 2.05) is 20.2 Å². The Morgan fingerprint density at radius 3 is 2.37 bits per heavy atom. The summed E-state index contributed by atoms with van der Waals surface area (Å²) in [4.78, 5) is 4.31. The molecule has 3 heteroatoms. The summed E-state index contributed by atoms with van der Waals surface area (Å²) < 4.78 is 5.55. The number of ether oxygens (including phenoxy) is 1. The second-order valence-corrected chi connectivity index (χ2v) is 4.99. The van der Waals surface area contributed by atoms with Crippen LogP contribution in [0.25, 0.3) is 0 Å². The maximum absolute atomic E-state index is 5.55. The van der Waals surface area contributed by atoms with E-state index in [9.17, 15) is 0 Å². The van der Waals surface area contributed by atoms with Crippen LogP contribution < -0.4 is 10.1 Å². The molecule has 1 aromatic heterocycles. The maximum Gasteiger partial charge on any atom is 0.137 e. The first-order valence-electron chi connectivity index (χ1n) is 7.51. The molecule has 1 unspecified atom stereocenters. The summed E-state index contributed by atoms with van der Waals surface area (Å²) in [5.74, 6) is 1.53. The Labute approximate surface area is 117 Å². The van der Waals surface area contributed by atoms with Gasteiger partial charge in [0, 0.05) is 12.2 Å². The summed E-state index contributed by atoms with van der Waals surface area (Å²) in [5.41, 5.74) is 1.24. The van der Waals surface area contributed by atoms with Gasteiger partial charge in [-0.1, -0.05) is 26.7 Å². The van der Waals surface area contributed by atoms with Crippen LogP contribution in [0.4, 0.5) is 0 Å². The molecule has 0 radical (unpaired) electrons. The van der Waals surface area contributed by atoms with Crippen LogP contribution in [0.15, 0.2) is 18.5 Å². The molecule has 1 heterocycles. The van der Waals surface area contributed by atoms with E-state index in [1.165, 1.54) is 31.2 Å². The minimum atomic E-state index is 0.368. The average Bonchev–Trinajstić information content (AvgIpc) is 2.41. The monoisotopic (exact) mass is 264 g/mol. The Bertz CT molecular complexity index is 348. The molecule has 0 aliphatic rings. The van der Waals surface area contributed by atoms with Crippen LogP contribution in [-0.4, -0.2) is 18.6 Å². The number of rotatable bonds is 9. The van der Waals surface area contributed by atoms with Crippen molar-refractivity contribution < 1.29 is 4.74 Å². The van der Waals surface area contributed by atoms with E-state index in [1.54, 1.807) is 6.20 Å². The van der Waals surface area contributed by atoms with E-state index in [4.69, 9.17) is 4.74 Å². The van der Waals surface area contributed by atoms with E-state index in [2.05, 4.69) is 30.2 Å². The highest BCUT2D eigenvalue weighted by Gasteiger charge is 2.21. The third-order valence-electron chi connectivity index (χ3n) is 3.51. The van der Waals surface area contributed by atoms with Crippen molar-refractivity contribution in [1.82, 2.24) is 10.3 Å². The van der Waals surface area contributed by atoms with Crippen LogP contribution in [0.1, 0.15) is 58.1 Å². The number of hydrogen-bond donors (Lipinski definition) is 1. The molecule has 19 heavy (non-hydrogen) atoms. The quantitative estimate of drug-likeness (QED) is 0.733. The van der Waals surface area contributed by atoms with Gasteiger partial charge in [-0.25, -0.2) is 0 Å². The predicted molar refractivity (Wildman–Crippen MR) is 80.5 cm³/mol. The van der Waals surface area contributed by atoms with Crippen molar-refractivity contribution in [2.75, 3.05) is 13.7 Å². The van der Waals surface area contributed by atoms with Crippen LogP contribution in [0, 0.1) is 5.92 Å². The van der Waals surface area contributed by atoms with Gasteiger partial charge in [0.1, 0.15) is 5.75 Å². The molecule has 0 aliphatic heterocycles. The zero-order valence-corrected chi connectivity index (χ0v) is 12.8. The third-order valence-corrected chi connectivity index (χ3v) is 3.51. The molecular weight excluding hydrogens is 236 g/mol. The highest BCUT2D eigenvalue weighted by atomic mass is 16.5. The predicted octanol–water partition coefficient (Wildman–Crippen LogP) is 3.96. The second-order valence-electron chi connectivity index (χ2n) is 4.99. The molecule has 1 atom stereocenters. The zero-order chi connectivity index (χ0) is 14.1. The first kappa shape index (κ1) is 16.0. The van der Waals surface area contributed by atoms with E-state index in [0.717, 1.165) is 5.75 Å². The first-order chi connectivity index (χ1) is 9.26. The lowest BCUT2D eigenvalue weighted by Gasteiger charge is -2.27. The standard InChI is InChI=1S/C16H28N2O/c1-5-8-13(9-6-2)16(17-4)14-10-15(19-7-3)12-18-11-14/h10-13,16-17H,5-9H2,1-4H3. The molecule has 1 N–H and O–H groups in total. The molecule has 0 fully saturated rings. The lowest BCUT2D eigenvalue weighted by molar-refractivity contribution is 0.322. The van der Waals surface area contributed by atoms with E-state index >= 15 is 0 Å². The molecule has 108 valence electrons. The minimum Gasteiger partial charge on any atom is -0.492 e. The molecule has 1 aromatic rings. The number of pyridine rings is 1. The summed E-state index contributed by atoms with van der Waals surface area (Å²) in [7, 11) is 2.04. The van der Waals surface area contributed by atoms with Crippen LogP contribution in [-0.2, 0) is 0 Å². The van der Waals surface area contributed by atoms with Crippen LogP contribution in [0.5, 0.6) is 5.75 Å². The second kappa shape index (κ2) is 8.92. The number of aromatic nitrogens is 1. The third kappa shape index (κ3) is 4.83. The summed E-state index contributed by atoms with van der Waals surface area (Å²) in [6, 6.07) is 2.49. The molecule has 0 saturated carbocycles. The first-order valence-corrected chi connectivity index (χ1v) is 7.51. The van der Waals surface area contributed by atoms with E-state index in [0.29, 0.717) is 18.6 Å². The summed E-state index contributed by atoms with van der Waals surface area (Å²) in [5, 5.41) is 3.46. The Morgan fingerprint density at radius 1 is 1.16 bits per heavy atom. The summed E-state index contributed by atoms with van der Waals surface area (Å²) in [6.07, 6.45) is 8.69. The van der Waals surface area contributed by atoms with Gasteiger partial charge in [0.05, 0.1) is 12.8 Å². The Balaban J connectivity index is 2.89. The largest absolute Gasteiger partial charge is 0.492 e. The molecule has 3 nitrogen and oxygen atoms in total. The van der Waals surface area contributed by atoms with Crippen molar-refractivity contribution in [3.63, 3.8) is 0 Å². The normalized spacial score (nSPS) is 12.7. The molecule has 0 saturated heterocycles. The molecule has 1 rings (SSSR count). The highest BCUT2D eigenvalue weighted by molar-refractivity contribution is 5.26. The SMILES string of the molecule is CCCC(CCC)C(NC)c1cncc(OCC)c1. The van der Waals surface area contributed by atoms with Crippen molar-refractivity contribution in [3.05, 3.63) is 24.0 Å². The molecule has 0 aliphatic carbocycles. The molecule has 0 aromatic carbocycles. The van der Waals surface area contributed by atoms with E-state index in [-0.39, 0.29) is 0 Å². The highest BCUT2D eigenvalue weighted by Crippen LogP contribution is 2.30. The van der Waals surface area contributed by atoms with Crippen LogP contribution in [0.3, 0.4) is 0 Å². The van der Waals surface area contributed by atoms with Gasteiger partial charge in [0.2, 0.25) is 0 Å². The molecule has 0 bridgehead atoms. The number of hydrogen-bond acceptors (Lipinski definition) is 3. The van der Waals surface area contributed by atoms with Gasteiger partial charge in [-0.2, -0.15) is 0 Å². The molecule has 0 amide bonds. The van der Waals surface area contributed by atoms with Gasteiger partial charge in [0.25, 0.3) is 0 Å². The lowest BCUT2D eigenvalue weighted by atomic mass is 9.87. The number of nitrogens with one attached hydrogen (secondary N) is 1. The fourth-order valence-electron chi connectivity index (χ4n) is 2.75.